The van der Waals surface area contributed by atoms with Gasteiger partial charge in [0.2, 0.25) is 0 Å². The minimum absolute atomic E-state index is 0.122. The van der Waals surface area contributed by atoms with Gasteiger partial charge in [0.1, 0.15) is 0 Å². The molecular weight excluding hydrogens is 307 g/mol. The number of unbranched alkanes of at least 4 members (excludes halogenated alkanes) is 10. The first kappa shape index (κ1) is 23.3. The van der Waals surface area contributed by atoms with Crippen LogP contribution in [0.15, 0.2) is 0 Å². The van der Waals surface area contributed by atoms with Crippen molar-refractivity contribution in [2.24, 2.45) is 0 Å². The summed E-state index contributed by atoms with van der Waals surface area (Å²) in [4.78, 5) is 21.8. The molecule has 0 radical (unpaired) electrons. The third kappa shape index (κ3) is 13.3. The van der Waals surface area contributed by atoms with Crippen molar-refractivity contribution in [2.75, 3.05) is 12.3 Å². The van der Waals surface area contributed by atoms with Gasteiger partial charge >= 0.3 is 145 Å². The fourth-order valence-electron chi connectivity index (χ4n) is 3.12. The molecule has 0 aromatic carbocycles. The van der Waals surface area contributed by atoms with Gasteiger partial charge in [-0.2, -0.15) is 0 Å². The van der Waals surface area contributed by atoms with E-state index in [0.29, 0.717) is 12.3 Å². The molecule has 0 amide bonds. The van der Waals surface area contributed by atoms with Crippen molar-refractivity contribution in [3.05, 3.63) is 0 Å². The maximum absolute atomic E-state index is 10.9. The van der Waals surface area contributed by atoms with Gasteiger partial charge in [-0.25, -0.2) is 0 Å². The molecule has 0 rings (SSSR count). The van der Waals surface area contributed by atoms with E-state index in [1.165, 1.54) is 51.4 Å². The van der Waals surface area contributed by atoms with E-state index < -0.39 is 7.28 Å². The SMILES string of the molecule is CCCCCCCCP(O)(O)(CCCCCCCC)OC(C)C. The Morgan fingerprint density at radius 1 is 0.652 bits per heavy atom. The zero-order valence-corrected chi connectivity index (χ0v) is 17.1. The monoisotopic (exact) mass is 350 g/mol. The molecule has 0 saturated heterocycles. The third-order valence-electron chi connectivity index (χ3n) is 4.38. The fourth-order valence-corrected chi connectivity index (χ4v) is 6.25. The maximum atomic E-state index is 10.9. The van der Waals surface area contributed by atoms with E-state index in [1.54, 1.807) is 0 Å². The predicted octanol–water partition coefficient (Wildman–Crippen LogP) is 6.42. The molecule has 0 aliphatic heterocycles. The van der Waals surface area contributed by atoms with E-state index in [0.717, 1.165) is 25.7 Å². The Morgan fingerprint density at radius 3 is 1.35 bits per heavy atom. The van der Waals surface area contributed by atoms with Gasteiger partial charge in [-0.3, -0.25) is 0 Å². The van der Waals surface area contributed by atoms with Gasteiger partial charge < -0.3 is 0 Å². The van der Waals surface area contributed by atoms with E-state index in [9.17, 15) is 9.79 Å². The van der Waals surface area contributed by atoms with Crippen LogP contribution in [0.2, 0.25) is 0 Å². The van der Waals surface area contributed by atoms with Gasteiger partial charge in [-0.05, 0) is 0 Å². The summed E-state index contributed by atoms with van der Waals surface area (Å²) in [5.41, 5.74) is 0. The summed E-state index contributed by atoms with van der Waals surface area (Å²) < 4.78 is 5.72. The van der Waals surface area contributed by atoms with Crippen LogP contribution < -0.4 is 0 Å². The second-order valence-electron chi connectivity index (χ2n) is 7.44. The first-order chi connectivity index (χ1) is 10.8. The van der Waals surface area contributed by atoms with Crippen molar-refractivity contribution in [1.82, 2.24) is 0 Å². The average Bonchev–Trinajstić information content (AvgIpc) is 2.45. The van der Waals surface area contributed by atoms with Crippen molar-refractivity contribution < 1.29 is 14.3 Å². The topological polar surface area (TPSA) is 49.7 Å². The van der Waals surface area contributed by atoms with Gasteiger partial charge in [-0.15, -0.1) is 0 Å². The van der Waals surface area contributed by atoms with Crippen LogP contribution >= 0.6 is 7.28 Å². The van der Waals surface area contributed by atoms with Gasteiger partial charge in [0.15, 0.2) is 0 Å². The zero-order valence-electron chi connectivity index (χ0n) is 16.2. The molecule has 0 bridgehead atoms. The molecule has 0 aromatic rings. The van der Waals surface area contributed by atoms with E-state index in [4.69, 9.17) is 4.52 Å². The van der Waals surface area contributed by atoms with Crippen molar-refractivity contribution in [2.45, 2.75) is 111 Å². The minimum atomic E-state index is -3.93. The summed E-state index contributed by atoms with van der Waals surface area (Å²) in [6, 6.07) is 0. The molecule has 4 heteroatoms. The van der Waals surface area contributed by atoms with Gasteiger partial charge in [0.05, 0.1) is 0 Å². The van der Waals surface area contributed by atoms with Crippen molar-refractivity contribution >= 4 is 7.28 Å². The van der Waals surface area contributed by atoms with E-state index >= 15 is 0 Å². The Hall–Kier alpha value is 0.310. The van der Waals surface area contributed by atoms with Crippen LogP contribution in [0.1, 0.15) is 105 Å². The molecular formula is C19H43O3P. The Morgan fingerprint density at radius 2 is 1.00 bits per heavy atom. The number of rotatable bonds is 16. The second-order valence-corrected chi connectivity index (χ2v) is 11.1. The summed E-state index contributed by atoms with van der Waals surface area (Å²) in [6.45, 7) is 8.22. The van der Waals surface area contributed by atoms with Crippen LogP contribution in [-0.2, 0) is 4.52 Å². The van der Waals surface area contributed by atoms with E-state index in [2.05, 4.69) is 13.8 Å². The predicted molar refractivity (Wildman–Crippen MR) is 104 cm³/mol. The number of hydrogen-bond donors (Lipinski definition) is 2. The molecule has 3 nitrogen and oxygen atoms in total. The normalized spacial score (nSPS) is 14.1. The summed E-state index contributed by atoms with van der Waals surface area (Å²) in [5.74, 6) is 0. The summed E-state index contributed by atoms with van der Waals surface area (Å²) in [6.07, 6.45) is 14.6. The van der Waals surface area contributed by atoms with Crippen LogP contribution in [0.4, 0.5) is 0 Å². The van der Waals surface area contributed by atoms with Crippen LogP contribution in [0.3, 0.4) is 0 Å². The molecule has 0 spiro atoms. The average molecular weight is 351 g/mol. The Bertz CT molecular complexity index is 260. The molecule has 0 aliphatic rings. The Balaban J connectivity index is 4.20. The Labute approximate surface area is 145 Å². The van der Waals surface area contributed by atoms with Crippen LogP contribution in [-0.4, -0.2) is 28.2 Å². The van der Waals surface area contributed by atoms with E-state index in [1.807, 2.05) is 13.8 Å². The first-order valence-electron chi connectivity index (χ1n) is 10.0. The Kier molecular flexibility index (Phi) is 12.8. The third-order valence-corrected chi connectivity index (χ3v) is 7.71. The zero-order chi connectivity index (χ0) is 17.6. The summed E-state index contributed by atoms with van der Waals surface area (Å²) >= 11 is 0. The molecule has 23 heavy (non-hydrogen) atoms. The van der Waals surface area contributed by atoms with Gasteiger partial charge in [-0.1, -0.05) is 0 Å². The quantitative estimate of drug-likeness (QED) is 0.249. The standard InChI is InChI=1S/C19H43O3P/c1-5-7-9-11-13-15-17-23(20,21,22-19(3)4)18-16-14-12-10-8-6-2/h19-21H,5-18H2,1-4H3. The molecule has 0 aromatic heterocycles. The molecule has 0 aliphatic carbocycles. The molecule has 0 saturated carbocycles. The second kappa shape index (κ2) is 12.6. The van der Waals surface area contributed by atoms with E-state index in [-0.39, 0.29) is 6.10 Å². The molecule has 0 unspecified atom stereocenters. The van der Waals surface area contributed by atoms with Crippen molar-refractivity contribution in [3.63, 3.8) is 0 Å². The van der Waals surface area contributed by atoms with Gasteiger partial charge in [0.25, 0.3) is 0 Å². The van der Waals surface area contributed by atoms with Gasteiger partial charge in [0, 0.05) is 0 Å². The number of hydrogen-bond acceptors (Lipinski definition) is 3. The summed E-state index contributed by atoms with van der Waals surface area (Å²) in [5, 5.41) is 0. The first-order valence-corrected chi connectivity index (χ1v) is 12.4. The van der Waals surface area contributed by atoms with Crippen LogP contribution in [0, 0.1) is 0 Å². The van der Waals surface area contributed by atoms with Crippen LogP contribution in [0.5, 0.6) is 0 Å². The molecule has 142 valence electrons. The van der Waals surface area contributed by atoms with Crippen molar-refractivity contribution in [1.29, 1.82) is 0 Å². The van der Waals surface area contributed by atoms with Crippen molar-refractivity contribution in [3.8, 4) is 0 Å². The van der Waals surface area contributed by atoms with Crippen LogP contribution in [0.25, 0.3) is 0 Å². The molecule has 2 N–H and O–H groups in total. The summed E-state index contributed by atoms with van der Waals surface area (Å²) in [7, 11) is -3.93. The molecule has 0 heterocycles. The fraction of sp³-hybridized carbons (Fsp3) is 1.00. The molecule has 0 fully saturated rings. The molecule has 0 atom stereocenters.